The van der Waals surface area contributed by atoms with Crippen molar-refractivity contribution in [2.24, 2.45) is 0 Å². The predicted molar refractivity (Wildman–Crippen MR) is 91.5 cm³/mol. The number of amides is 1. The quantitative estimate of drug-likeness (QED) is 0.596. The number of benzene rings is 1. The fraction of sp³-hybridized carbons (Fsp3) is 0.294. The average molecular weight is 332 g/mol. The smallest absolute Gasteiger partial charge is 0.244 e. The maximum Gasteiger partial charge on any atom is 0.244 e. The van der Waals surface area contributed by atoms with Crippen LogP contribution in [-0.2, 0) is 16.1 Å². The van der Waals surface area contributed by atoms with E-state index in [9.17, 15) is 4.79 Å². The van der Waals surface area contributed by atoms with Gasteiger partial charge in [-0.15, -0.1) is 11.3 Å². The van der Waals surface area contributed by atoms with E-state index >= 15 is 0 Å². The normalized spacial score (nSPS) is 10.9. The Kier molecular flexibility index (Phi) is 6.77. The number of aryl methyl sites for hydroxylation is 1. The Morgan fingerprint density at radius 1 is 1.39 bits per heavy atom. The van der Waals surface area contributed by atoms with Crippen LogP contribution in [0.3, 0.4) is 0 Å². The molecule has 1 N–H and O–H groups in total. The number of hydrogen-bond acceptors (Lipinski definition) is 5. The van der Waals surface area contributed by atoms with Gasteiger partial charge in [0.2, 0.25) is 5.91 Å². The molecule has 1 amide bonds. The van der Waals surface area contributed by atoms with Gasteiger partial charge in [-0.05, 0) is 19.1 Å². The Balaban J connectivity index is 1.95. The highest BCUT2D eigenvalue weighted by atomic mass is 32.1. The zero-order chi connectivity index (χ0) is 16.5. The number of rotatable bonds is 8. The Morgan fingerprint density at radius 3 is 2.96 bits per heavy atom. The Hall–Kier alpha value is -2.18. The van der Waals surface area contributed by atoms with Crippen LogP contribution in [0.15, 0.2) is 35.7 Å². The average Bonchev–Trinajstić information content (AvgIpc) is 2.97. The maximum absolute atomic E-state index is 11.7. The molecule has 122 valence electrons. The summed E-state index contributed by atoms with van der Waals surface area (Å²) in [6, 6.07) is 7.59. The molecule has 0 saturated heterocycles. The lowest BCUT2D eigenvalue weighted by Gasteiger charge is -2.07. The van der Waals surface area contributed by atoms with Gasteiger partial charge in [-0.25, -0.2) is 4.98 Å². The van der Waals surface area contributed by atoms with Crippen molar-refractivity contribution < 1.29 is 14.3 Å². The van der Waals surface area contributed by atoms with Gasteiger partial charge in [0.05, 0.1) is 17.3 Å². The molecule has 1 heterocycles. The number of nitrogens with zero attached hydrogens (tertiary/aromatic N) is 1. The molecule has 1 aromatic carbocycles. The molecule has 6 heteroatoms. The summed E-state index contributed by atoms with van der Waals surface area (Å²) in [6.45, 7) is 3.36. The number of thiazole rings is 1. The summed E-state index contributed by atoms with van der Waals surface area (Å²) in [7, 11) is 1.60. The summed E-state index contributed by atoms with van der Waals surface area (Å²) in [6.07, 6.45) is 3.23. The lowest BCUT2D eigenvalue weighted by Crippen LogP contribution is -2.24. The summed E-state index contributed by atoms with van der Waals surface area (Å²) >= 11 is 1.60. The van der Waals surface area contributed by atoms with Crippen molar-refractivity contribution in [2.75, 3.05) is 20.3 Å². The highest BCUT2D eigenvalue weighted by molar-refractivity contribution is 7.09. The van der Waals surface area contributed by atoms with Crippen LogP contribution in [-0.4, -0.2) is 31.2 Å². The first kappa shape index (κ1) is 17.2. The predicted octanol–water partition coefficient (Wildman–Crippen LogP) is 2.81. The number of nitrogens with one attached hydrogen (secondary N) is 1. The number of methoxy groups -OCH3 is 1. The van der Waals surface area contributed by atoms with E-state index in [-0.39, 0.29) is 5.91 Å². The third-order valence-electron chi connectivity index (χ3n) is 2.98. The summed E-state index contributed by atoms with van der Waals surface area (Å²) in [4.78, 5) is 16.1. The molecule has 0 spiro atoms. The minimum absolute atomic E-state index is 0.160. The molecule has 0 fully saturated rings. The molecule has 0 aliphatic heterocycles. The van der Waals surface area contributed by atoms with Gasteiger partial charge in [0.1, 0.15) is 12.4 Å². The molecule has 2 aromatic rings. The first-order valence-corrected chi connectivity index (χ1v) is 8.14. The van der Waals surface area contributed by atoms with Gasteiger partial charge in [0, 0.05) is 30.7 Å². The van der Waals surface area contributed by atoms with Gasteiger partial charge >= 0.3 is 0 Å². The highest BCUT2D eigenvalue weighted by Gasteiger charge is 2.04. The molecular weight excluding hydrogens is 312 g/mol. The molecule has 0 aliphatic carbocycles. The molecule has 0 atom stereocenters. The van der Waals surface area contributed by atoms with E-state index in [0.29, 0.717) is 19.8 Å². The van der Waals surface area contributed by atoms with E-state index in [4.69, 9.17) is 9.47 Å². The van der Waals surface area contributed by atoms with Gasteiger partial charge in [-0.2, -0.15) is 0 Å². The second-order valence-corrected chi connectivity index (χ2v) is 5.86. The molecule has 0 aliphatic rings. The third-order valence-corrected chi connectivity index (χ3v) is 3.80. The van der Waals surface area contributed by atoms with Crippen molar-refractivity contribution in [3.05, 3.63) is 52.0 Å². The van der Waals surface area contributed by atoms with Crippen molar-refractivity contribution >= 4 is 23.3 Å². The SMILES string of the molecule is COCCNC(=O)/C=C/c1ccccc1OCc1csc(C)n1. The topological polar surface area (TPSA) is 60.5 Å². The van der Waals surface area contributed by atoms with Crippen LogP contribution in [0.1, 0.15) is 16.3 Å². The number of carbonyl (C=O) groups is 1. The minimum atomic E-state index is -0.160. The lowest BCUT2D eigenvalue weighted by molar-refractivity contribution is -0.116. The molecule has 0 unspecified atom stereocenters. The Morgan fingerprint density at radius 2 is 2.22 bits per heavy atom. The maximum atomic E-state index is 11.7. The molecule has 23 heavy (non-hydrogen) atoms. The third kappa shape index (κ3) is 5.84. The van der Waals surface area contributed by atoms with Gasteiger partial charge in [-0.1, -0.05) is 18.2 Å². The van der Waals surface area contributed by atoms with Gasteiger partial charge in [-0.3, -0.25) is 4.79 Å². The van der Waals surface area contributed by atoms with E-state index in [1.54, 1.807) is 24.5 Å². The van der Waals surface area contributed by atoms with Gasteiger partial charge in [0.15, 0.2) is 0 Å². The molecular formula is C17H20N2O3S. The Labute approximate surface area is 140 Å². The van der Waals surface area contributed by atoms with Crippen LogP contribution in [0.4, 0.5) is 0 Å². The van der Waals surface area contributed by atoms with Gasteiger partial charge < -0.3 is 14.8 Å². The van der Waals surface area contributed by atoms with Gasteiger partial charge in [0.25, 0.3) is 0 Å². The first-order valence-electron chi connectivity index (χ1n) is 7.26. The minimum Gasteiger partial charge on any atom is -0.487 e. The first-order chi connectivity index (χ1) is 11.2. The van der Waals surface area contributed by atoms with Crippen LogP contribution >= 0.6 is 11.3 Å². The number of carbonyl (C=O) groups excluding carboxylic acids is 1. The van der Waals surface area contributed by atoms with Crippen molar-refractivity contribution in [3.8, 4) is 5.75 Å². The zero-order valence-electron chi connectivity index (χ0n) is 13.2. The summed E-state index contributed by atoms with van der Waals surface area (Å²) in [5.74, 6) is 0.561. The zero-order valence-corrected chi connectivity index (χ0v) is 14.1. The lowest BCUT2D eigenvalue weighted by atomic mass is 10.2. The number of aromatic nitrogens is 1. The van der Waals surface area contributed by atoms with Crippen molar-refractivity contribution in [1.29, 1.82) is 0 Å². The fourth-order valence-electron chi connectivity index (χ4n) is 1.88. The van der Waals surface area contributed by atoms with E-state index in [0.717, 1.165) is 22.0 Å². The van der Waals surface area contributed by atoms with E-state index < -0.39 is 0 Å². The summed E-state index contributed by atoms with van der Waals surface area (Å²) < 4.78 is 10.7. The second kappa shape index (κ2) is 9.07. The number of hydrogen-bond donors (Lipinski definition) is 1. The summed E-state index contributed by atoms with van der Waals surface area (Å²) in [5, 5.41) is 5.73. The van der Waals surface area contributed by atoms with Crippen LogP contribution in [0, 0.1) is 6.92 Å². The van der Waals surface area contributed by atoms with Crippen LogP contribution in [0.2, 0.25) is 0 Å². The van der Waals surface area contributed by atoms with Crippen LogP contribution in [0.5, 0.6) is 5.75 Å². The Bertz CT molecular complexity index is 667. The van der Waals surface area contributed by atoms with Crippen LogP contribution < -0.4 is 10.1 Å². The molecule has 0 radical (unpaired) electrons. The second-order valence-electron chi connectivity index (χ2n) is 4.80. The van der Waals surface area contributed by atoms with Crippen molar-refractivity contribution in [2.45, 2.75) is 13.5 Å². The highest BCUT2D eigenvalue weighted by Crippen LogP contribution is 2.21. The molecule has 0 saturated carbocycles. The van der Waals surface area contributed by atoms with E-state index in [1.807, 2.05) is 36.6 Å². The molecule has 0 bridgehead atoms. The van der Waals surface area contributed by atoms with Crippen molar-refractivity contribution in [1.82, 2.24) is 10.3 Å². The monoisotopic (exact) mass is 332 g/mol. The molecule has 1 aromatic heterocycles. The standard InChI is InChI=1S/C17H20N2O3S/c1-13-19-15(12-23-13)11-22-16-6-4-3-5-14(16)7-8-17(20)18-9-10-21-2/h3-8,12H,9-11H2,1-2H3,(H,18,20)/b8-7+. The summed E-state index contributed by atoms with van der Waals surface area (Å²) in [5.41, 5.74) is 1.75. The van der Waals surface area contributed by atoms with E-state index in [1.165, 1.54) is 6.08 Å². The largest absolute Gasteiger partial charge is 0.487 e. The van der Waals surface area contributed by atoms with E-state index in [2.05, 4.69) is 10.3 Å². The molecule has 2 rings (SSSR count). The van der Waals surface area contributed by atoms with Crippen LogP contribution in [0.25, 0.3) is 6.08 Å². The number of para-hydroxylation sites is 1. The number of ether oxygens (including phenoxy) is 2. The van der Waals surface area contributed by atoms with Crippen molar-refractivity contribution in [3.63, 3.8) is 0 Å². The fourth-order valence-corrected chi connectivity index (χ4v) is 2.47. The molecule has 5 nitrogen and oxygen atoms in total.